The lowest BCUT2D eigenvalue weighted by Crippen LogP contribution is -2.16. The molecule has 1 N–H and O–H groups in total. The number of nitriles is 1. The number of hydrogen-bond acceptors (Lipinski definition) is 4. The molecule has 0 aliphatic heterocycles. The number of nitro groups is 1. The monoisotopic (exact) mass is 289 g/mol. The van der Waals surface area contributed by atoms with Crippen molar-refractivity contribution in [3.63, 3.8) is 0 Å². The topological polar surface area (TPSA) is 79.0 Å². The first-order chi connectivity index (χ1) is 9.87. The van der Waals surface area contributed by atoms with Gasteiger partial charge in [0.1, 0.15) is 0 Å². The van der Waals surface area contributed by atoms with E-state index in [1.165, 1.54) is 6.07 Å². The van der Waals surface area contributed by atoms with Crippen LogP contribution in [-0.4, -0.2) is 11.5 Å². The highest BCUT2D eigenvalue weighted by molar-refractivity contribution is 5.44. The van der Waals surface area contributed by atoms with Gasteiger partial charge in [-0.3, -0.25) is 10.1 Å². The molecule has 0 spiro atoms. The van der Waals surface area contributed by atoms with Crippen LogP contribution >= 0.6 is 0 Å². The third kappa shape index (κ3) is 5.52. The molecule has 0 aromatic heterocycles. The number of hydrogen-bond donors (Lipinski definition) is 1. The Balaban J connectivity index is 2.36. The lowest BCUT2D eigenvalue weighted by molar-refractivity contribution is -0.385. The highest BCUT2D eigenvalue weighted by atomic mass is 16.6. The third-order valence-corrected chi connectivity index (χ3v) is 3.64. The van der Waals surface area contributed by atoms with Crippen molar-refractivity contribution in [2.75, 3.05) is 6.54 Å². The van der Waals surface area contributed by atoms with Gasteiger partial charge in [-0.1, -0.05) is 18.6 Å². The molecule has 0 atom stereocenters. The van der Waals surface area contributed by atoms with E-state index in [2.05, 4.69) is 11.4 Å². The van der Waals surface area contributed by atoms with E-state index in [1.807, 2.05) is 19.9 Å². The average molecular weight is 289 g/mol. The normalized spacial score (nSPS) is 11.1. The van der Waals surface area contributed by atoms with E-state index in [-0.39, 0.29) is 16.0 Å². The second-order valence-corrected chi connectivity index (χ2v) is 5.95. The van der Waals surface area contributed by atoms with Gasteiger partial charge in [-0.15, -0.1) is 0 Å². The summed E-state index contributed by atoms with van der Waals surface area (Å²) >= 11 is 0. The number of rotatable bonds is 8. The summed E-state index contributed by atoms with van der Waals surface area (Å²) in [7, 11) is 0. The molecule has 0 unspecified atom stereocenters. The smallest absolute Gasteiger partial charge is 0.272 e. The first kappa shape index (κ1) is 17.1. The maximum absolute atomic E-state index is 10.9. The molecule has 0 radical (unpaired) electrons. The van der Waals surface area contributed by atoms with E-state index in [0.717, 1.165) is 36.9 Å². The minimum atomic E-state index is -0.344. The minimum Gasteiger partial charge on any atom is -0.313 e. The second-order valence-electron chi connectivity index (χ2n) is 5.95. The lowest BCUT2D eigenvalue weighted by atomic mass is 9.89. The zero-order chi connectivity index (χ0) is 15.9. The fraction of sp³-hybridized carbons (Fsp3) is 0.562. The van der Waals surface area contributed by atoms with Crippen LogP contribution in [0.15, 0.2) is 18.2 Å². The summed E-state index contributed by atoms with van der Waals surface area (Å²) in [4.78, 5) is 10.5. The van der Waals surface area contributed by atoms with Crippen LogP contribution in [-0.2, 0) is 6.54 Å². The Hall–Kier alpha value is -1.93. The van der Waals surface area contributed by atoms with Gasteiger partial charge in [0.05, 0.1) is 16.4 Å². The van der Waals surface area contributed by atoms with Crippen molar-refractivity contribution in [2.24, 2.45) is 5.41 Å². The SMILES string of the molecule is Cc1c(CNCCCCC(C)(C)C#N)cccc1[N+](=O)[O-]. The maximum atomic E-state index is 10.9. The fourth-order valence-electron chi connectivity index (χ4n) is 2.16. The van der Waals surface area contributed by atoms with E-state index in [1.54, 1.807) is 13.0 Å². The highest BCUT2D eigenvalue weighted by Gasteiger charge is 2.15. The molecular weight excluding hydrogens is 266 g/mol. The Morgan fingerprint density at radius 1 is 1.38 bits per heavy atom. The van der Waals surface area contributed by atoms with Gasteiger partial charge in [-0.25, -0.2) is 0 Å². The van der Waals surface area contributed by atoms with E-state index in [0.29, 0.717) is 6.54 Å². The van der Waals surface area contributed by atoms with Crippen LogP contribution in [0.4, 0.5) is 5.69 Å². The Kier molecular flexibility index (Phi) is 6.32. The molecule has 114 valence electrons. The van der Waals surface area contributed by atoms with Crippen LogP contribution in [0.1, 0.15) is 44.2 Å². The van der Waals surface area contributed by atoms with E-state index in [9.17, 15) is 10.1 Å². The van der Waals surface area contributed by atoms with Crippen LogP contribution in [0.5, 0.6) is 0 Å². The molecule has 0 heterocycles. The number of benzene rings is 1. The summed E-state index contributed by atoms with van der Waals surface area (Å²) in [6.45, 7) is 7.17. The van der Waals surface area contributed by atoms with Crippen LogP contribution < -0.4 is 5.32 Å². The Morgan fingerprint density at radius 2 is 2.10 bits per heavy atom. The summed E-state index contributed by atoms with van der Waals surface area (Å²) < 4.78 is 0. The molecule has 0 fully saturated rings. The van der Waals surface area contributed by atoms with Crippen molar-refractivity contribution >= 4 is 5.69 Å². The number of unbranched alkanes of at least 4 members (excludes halogenated alkanes) is 1. The first-order valence-corrected chi connectivity index (χ1v) is 7.22. The molecule has 0 aliphatic carbocycles. The molecule has 1 aromatic carbocycles. The minimum absolute atomic E-state index is 0.171. The van der Waals surface area contributed by atoms with Crippen molar-refractivity contribution in [3.05, 3.63) is 39.4 Å². The summed E-state index contributed by atoms with van der Waals surface area (Å²) in [5.41, 5.74) is 1.60. The molecule has 0 saturated carbocycles. The van der Waals surface area contributed by atoms with Gasteiger partial charge in [0.15, 0.2) is 0 Å². The number of nitro benzene ring substituents is 1. The fourth-order valence-corrected chi connectivity index (χ4v) is 2.16. The van der Waals surface area contributed by atoms with E-state index < -0.39 is 0 Å². The zero-order valence-electron chi connectivity index (χ0n) is 13.0. The summed E-state index contributed by atoms with van der Waals surface area (Å²) in [5.74, 6) is 0. The van der Waals surface area contributed by atoms with E-state index >= 15 is 0 Å². The first-order valence-electron chi connectivity index (χ1n) is 7.22. The van der Waals surface area contributed by atoms with Gasteiger partial charge < -0.3 is 5.32 Å². The summed E-state index contributed by atoms with van der Waals surface area (Å²) in [5, 5.41) is 23.1. The van der Waals surface area contributed by atoms with Crippen molar-refractivity contribution in [3.8, 4) is 6.07 Å². The molecule has 0 bridgehead atoms. The van der Waals surface area contributed by atoms with Gasteiger partial charge in [0, 0.05) is 18.2 Å². The maximum Gasteiger partial charge on any atom is 0.272 e. The van der Waals surface area contributed by atoms with Gasteiger partial charge in [0.2, 0.25) is 0 Å². The standard InChI is InChI=1S/C16H23N3O2/c1-13-14(7-6-8-15(13)19(20)21)11-18-10-5-4-9-16(2,3)12-17/h6-8,18H,4-5,9-11H2,1-3H3. The lowest BCUT2D eigenvalue weighted by Gasteiger charge is -2.14. The van der Waals surface area contributed by atoms with Crippen LogP contribution in [0.3, 0.4) is 0 Å². The second kappa shape index (κ2) is 7.75. The number of nitrogens with one attached hydrogen (secondary N) is 1. The summed E-state index contributed by atoms with van der Waals surface area (Å²) in [6, 6.07) is 7.46. The number of nitrogens with zero attached hydrogens (tertiary/aromatic N) is 2. The average Bonchev–Trinajstić information content (AvgIpc) is 2.43. The highest BCUT2D eigenvalue weighted by Crippen LogP contribution is 2.22. The van der Waals surface area contributed by atoms with Gasteiger partial charge >= 0.3 is 0 Å². The van der Waals surface area contributed by atoms with Gasteiger partial charge in [-0.2, -0.15) is 5.26 Å². The van der Waals surface area contributed by atoms with Crippen molar-refractivity contribution < 1.29 is 4.92 Å². The Morgan fingerprint density at radius 3 is 2.71 bits per heavy atom. The predicted octanol–water partition coefficient (Wildman–Crippen LogP) is 3.71. The zero-order valence-corrected chi connectivity index (χ0v) is 13.0. The van der Waals surface area contributed by atoms with Gasteiger partial charge in [0.25, 0.3) is 5.69 Å². The van der Waals surface area contributed by atoms with E-state index in [4.69, 9.17) is 5.26 Å². The summed E-state index contributed by atoms with van der Waals surface area (Å²) in [6.07, 6.45) is 2.89. The Bertz CT molecular complexity index is 533. The molecule has 0 aliphatic rings. The van der Waals surface area contributed by atoms with Crippen LogP contribution in [0.25, 0.3) is 0 Å². The molecule has 1 rings (SSSR count). The van der Waals surface area contributed by atoms with Crippen LogP contribution in [0.2, 0.25) is 0 Å². The van der Waals surface area contributed by atoms with Crippen molar-refractivity contribution in [2.45, 2.75) is 46.6 Å². The molecule has 1 aromatic rings. The quantitative estimate of drug-likeness (QED) is 0.449. The van der Waals surface area contributed by atoms with Crippen molar-refractivity contribution in [1.82, 2.24) is 5.32 Å². The van der Waals surface area contributed by atoms with Crippen LogP contribution in [0, 0.1) is 33.8 Å². The molecule has 5 heteroatoms. The van der Waals surface area contributed by atoms with Gasteiger partial charge in [-0.05, 0) is 45.7 Å². The molecule has 0 saturated heterocycles. The third-order valence-electron chi connectivity index (χ3n) is 3.64. The predicted molar refractivity (Wildman–Crippen MR) is 82.8 cm³/mol. The molecule has 21 heavy (non-hydrogen) atoms. The Labute approximate surface area is 126 Å². The largest absolute Gasteiger partial charge is 0.313 e. The van der Waals surface area contributed by atoms with Crippen molar-refractivity contribution in [1.29, 1.82) is 5.26 Å². The molecule has 5 nitrogen and oxygen atoms in total. The molecular formula is C16H23N3O2. The molecule has 0 amide bonds.